The quantitative estimate of drug-likeness (QED) is 0.690. The molecule has 0 spiro atoms. The second-order valence-corrected chi connectivity index (χ2v) is 6.03. The molecule has 26 heavy (non-hydrogen) atoms. The van der Waals surface area contributed by atoms with Crippen LogP contribution in [0.25, 0.3) is 17.2 Å². The number of aromatic nitrogens is 5. The minimum absolute atomic E-state index is 0.112. The van der Waals surface area contributed by atoms with Crippen molar-refractivity contribution in [2.75, 3.05) is 38.2 Å². The van der Waals surface area contributed by atoms with Crippen molar-refractivity contribution in [3.63, 3.8) is 0 Å². The van der Waals surface area contributed by atoms with Gasteiger partial charge in [-0.25, -0.2) is 19.9 Å². The van der Waals surface area contributed by atoms with E-state index in [1.54, 1.807) is 38.8 Å². The highest BCUT2D eigenvalue weighted by Crippen LogP contribution is 2.21. The summed E-state index contributed by atoms with van der Waals surface area (Å²) in [5.41, 5.74) is 1.47. The van der Waals surface area contributed by atoms with Crippen LogP contribution in [0, 0.1) is 0 Å². The molecule has 1 aliphatic heterocycles. The van der Waals surface area contributed by atoms with E-state index in [-0.39, 0.29) is 5.91 Å². The van der Waals surface area contributed by atoms with Crippen LogP contribution in [-0.2, 0) is 4.79 Å². The maximum absolute atomic E-state index is 11.5. The average molecular weight is 353 g/mol. The molecular formula is C17H19N7O2. The first-order valence-corrected chi connectivity index (χ1v) is 8.36. The number of rotatable bonds is 3. The van der Waals surface area contributed by atoms with Gasteiger partial charge in [-0.1, -0.05) is 0 Å². The van der Waals surface area contributed by atoms with Crippen molar-refractivity contribution in [2.45, 2.75) is 6.92 Å². The number of methoxy groups -OCH3 is 1. The van der Waals surface area contributed by atoms with Gasteiger partial charge in [0.2, 0.25) is 11.8 Å². The van der Waals surface area contributed by atoms with Crippen LogP contribution in [0.5, 0.6) is 5.88 Å². The van der Waals surface area contributed by atoms with E-state index >= 15 is 0 Å². The molecule has 0 aliphatic carbocycles. The molecule has 9 nitrogen and oxygen atoms in total. The lowest BCUT2D eigenvalue weighted by Crippen LogP contribution is -2.48. The van der Waals surface area contributed by atoms with Gasteiger partial charge >= 0.3 is 0 Å². The summed E-state index contributed by atoms with van der Waals surface area (Å²) in [7, 11) is 1.57. The van der Waals surface area contributed by atoms with E-state index < -0.39 is 0 Å². The second-order valence-electron chi connectivity index (χ2n) is 6.03. The first-order valence-electron chi connectivity index (χ1n) is 8.36. The van der Waals surface area contributed by atoms with Gasteiger partial charge in [-0.2, -0.15) is 0 Å². The summed E-state index contributed by atoms with van der Waals surface area (Å²) in [6.45, 7) is 4.51. The molecule has 4 rings (SSSR count). The molecule has 1 amide bonds. The van der Waals surface area contributed by atoms with Gasteiger partial charge in [0.05, 0.1) is 25.7 Å². The van der Waals surface area contributed by atoms with Gasteiger partial charge in [0.25, 0.3) is 0 Å². The van der Waals surface area contributed by atoms with E-state index in [4.69, 9.17) is 9.72 Å². The Balaban J connectivity index is 1.63. The van der Waals surface area contributed by atoms with Crippen molar-refractivity contribution in [3.05, 3.63) is 30.9 Å². The number of carbonyl (C=O) groups excluding carboxylic acids is 1. The molecule has 1 fully saturated rings. The Hall–Kier alpha value is -3.23. The second kappa shape index (κ2) is 6.58. The van der Waals surface area contributed by atoms with Crippen molar-refractivity contribution in [3.8, 4) is 17.4 Å². The van der Waals surface area contributed by atoms with Gasteiger partial charge in [-0.15, -0.1) is 0 Å². The highest BCUT2D eigenvalue weighted by molar-refractivity contribution is 5.73. The number of carbonyl (C=O) groups is 1. The lowest BCUT2D eigenvalue weighted by molar-refractivity contribution is -0.129. The first-order chi connectivity index (χ1) is 12.7. The molecular weight excluding hydrogens is 334 g/mol. The summed E-state index contributed by atoms with van der Waals surface area (Å²) < 4.78 is 7.05. The Morgan fingerprint density at radius 1 is 1.12 bits per heavy atom. The zero-order chi connectivity index (χ0) is 18.1. The van der Waals surface area contributed by atoms with Crippen molar-refractivity contribution in [1.82, 2.24) is 29.2 Å². The minimum Gasteiger partial charge on any atom is -0.480 e. The fourth-order valence-corrected chi connectivity index (χ4v) is 3.04. The highest BCUT2D eigenvalue weighted by Gasteiger charge is 2.20. The third kappa shape index (κ3) is 2.92. The Morgan fingerprint density at radius 3 is 2.65 bits per heavy atom. The third-order valence-electron chi connectivity index (χ3n) is 4.50. The Labute approximate surface area is 150 Å². The summed E-state index contributed by atoms with van der Waals surface area (Å²) in [6, 6.07) is 1.89. The number of hydrogen-bond acceptors (Lipinski definition) is 7. The number of ether oxygens (including phenoxy) is 1. The molecule has 4 heterocycles. The lowest BCUT2D eigenvalue weighted by atomic mass is 10.3. The van der Waals surface area contributed by atoms with E-state index in [0.29, 0.717) is 30.4 Å². The van der Waals surface area contributed by atoms with Crippen molar-refractivity contribution in [1.29, 1.82) is 0 Å². The minimum atomic E-state index is 0.112. The van der Waals surface area contributed by atoms with Crippen molar-refractivity contribution < 1.29 is 9.53 Å². The van der Waals surface area contributed by atoms with Crippen LogP contribution >= 0.6 is 0 Å². The van der Waals surface area contributed by atoms with Crippen LogP contribution in [0.4, 0.5) is 5.82 Å². The van der Waals surface area contributed by atoms with Crippen LogP contribution in [0.1, 0.15) is 6.92 Å². The molecule has 0 radical (unpaired) electrons. The molecule has 1 aliphatic rings. The highest BCUT2D eigenvalue weighted by atomic mass is 16.5. The number of hydrogen-bond donors (Lipinski definition) is 0. The monoisotopic (exact) mass is 353 g/mol. The third-order valence-corrected chi connectivity index (χ3v) is 4.50. The summed E-state index contributed by atoms with van der Waals surface area (Å²) in [4.78, 5) is 33.1. The number of anilines is 1. The summed E-state index contributed by atoms with van der Waals surface area (Å²) >= 11 is 0. The normalized spacial score (nSPS) is 14.7. The molecule has 0 bridgehead atoms. The fraction of sp³-hybridized carbons (Fsp3) is 0.353. The lowest BCUT2D eigenvalue weighted by Gasteiger charge is -2.34. The average Bonchev–Trinajstić information content (AvgIpc) is 3.11. The summed E-state index contributed by atoms with van der Waals surface area (Å²) in [5, 5.41) is 0. The van der Waals surface area contributed by atoms with Gasteiger partial charge in [0.15, 0.2) is 11.5 Å². The van der Waals surface area contributed by atoms with Gasteiger partial charge in [0, 0.05) is 39.3 Å². The maximum Gasteiger partial charge on any atom is 0.230 e. The van der Waals surface area contributed by atoms with Crippen LogP contribution < -0.4 is 9.64 Å². The van der Waals surface area contributed by atoms with Crippen molar-refractivity contribution in [2.24, 2.45) is 0 Å². The SMILES string of the molecule is COc1cn2c(-c3nccc(N4CCN(C(C)=O)CC4)n3)cnc2cn1. The fourth-order valence-electron chi connectivity index (χ4n) is 3.04. The van der Waals surface area contributed by atoms with Crippen LogP contribution in [-0.4, -0.2) is 68.4 Å². The van der Waals surface area contributed by atoms with Crippen LogP contribution in [0.3, 0.4) is 0 Å². The Bertz CT molecular complexity index is 947. The number of nitrogens with zero attached hydrogens (tertiary/aromatic N) is 7. The molecule has 9 heteroatoms. The molecule has 0 N–H and O–H groups in total. The summed E-state index contributed by atoms with van der Waals surface area (Å²) in [5.74, 6) is 2.03. The van der Waals surface area contributed by atoms with E-state index in [2.05, 4.69) is 19.9 Å². The molecule has 134 valence electrons. The standard InChI is InChI=1S/C17H19N7O2/c1-12(25)22-5-7-23(8-6-22)14-3-4-18-17(21-14)13-9-19-15-10-20-16(26-2)11-24(13)15/h3-4,9-11H,5-8H2,1-2H3. The largest absolute Gasteiger partial charge is 0.480 e. The van der Waals surface area contributed by atoms with E-state index in [9.17, 15) is 4.79 Å². The number of fused-ring (bicyclic) bond motifs is 1. The number of piperazine rings is 1. The van der Waals surface area contributed by atoms with Crippen molar-refractivity contribution >= 4 is 17.4 Å². The number of imidazole rings is 1. The molecule has 3 aromatic rings. The molecule has 1 saturated heterocycles. The molecule has 3 aromatic heterocycles. The Morgan fingerprint density at radius 2 is 1.92 bits per heavy atom. The van der Waals surface area contributed by atoms with Gasteiger partial charge < -0.3 is 14.5 Å². The Kier molecular flexibility index (Phi) is 4.11. The maximum atomic E-state index is 11.5. The predicted octanol–water partition coefficient (Wildman–Crippen LogP) is 0.863. The van der Waals surface area contributed by atoms with E-state index in [1.165, 1.54) is 0 Å². The summed E-state index contributed by atoms with van der Waals surface area (Å²) in [6.07, 6.45) is 6.88. The smallest absolute Gasteiger partial charge is 0.230 e. The molecule has 0 unspecified atom stereocenters. The van der Waals surface area contributed by atoms with Gasteiger partial charge in [-0.05, 0) is 6.07 Å². The van der Waals surface area contributed by atoms with Crippen LogP contribution in [0.2, 0.25) is 0 Å². The molecule has 0 atom stereocenters. The molecule has 0 saturated carbocycles. The topological polar surface area (TPSA) is 88.8 Å². The molecule has 0 aromatic carbocycles. The number of amides is 1. The van der Waals surface area contributed by atoms with Crippen LogP contribution in [0.15, 0.2) is 30.9 Å². The zero-order valence-corrected chi connectivity index (χ0v) is 14.7. The van der Waals surface area contributed by atoms with E-state index in [1.807, 2.05) is 15.4 Å². The first kappa shape index (κ1) is 16.2. The van der Waals surface area contributed by atoms with Gasteiger partial charge in [0.1, 0.15) is 11.5 Å². The van der Waals surface area contributed by atoms with Gasteiger partial charge in [-0.3, -0.25) is 9.20 Å². The predicted molar refractivity (Wildman–Crippen MR) is 95.0 cm³/mol. The zero-order valence-electron chi connectivity index (χ0n) is 14.7. The van der Waals surface area contributed by atoms with E-state index in [0.717, 1.165) is 24.6 Å².